The van der Waals surface area contributed by atoms with Gasteiger partial charge in [0, 0.05) is 29.6 Å². The summed E-state index contributed by atoms with van der Waals surface area (Å²) in [6.07, 6.45) is 1.72. The Morgan fingerprint density at radius 2 is 1.88 bits per heavy atom. The Morgan fingerprint density at radius 3 is 2.52 bits per heavy atom. The van der Waals surface area contributed by atoms with Crippen LogP contribution in [0, 0.1) is 5.92 Å². The van der Waals surface area contributed by atoms with Crippen LogP contribution in [-0.4, -0.2) is 43.8 Å². The van der Waals surface area contributed by atoms with E-state index in [4.69, 9.17) is 16.3 Å². The predicted molar refractivity (Wildman–Crippen MR) is 131 cm³/mol. The van der Waals surface area contributed by atoms with Crippen LogP contribution in [-0.2, 0) is 10.0 Å². The van der Waals surface area contributed by atoms with E-state index in [2.05, 4.69) is 17.2 Å². The van der Waals surface area contributed by atoms with Gasteiger partial charge in [0.05, 0.1) is 22.7 Å². The highest BCUT2D eigenvalue weighted by Gasteiger charge is 2.28. The number of rotatable bonds is 6. The summed E-state index contributed by atoms with van der Waals surface area (Å²) in [6.45, 7) is 3.18. The van der Waals surface area contributed by atoms with Crippen LogP contribution in [0.1, 0.15) is 30.1 Å². The number of halogens is 1. The fourth-order valence-electron chi connectivity index (χ4n) is 3.61. The van der Waals surface area contributed by atoms with Crippen molar-refractivity contribution in [2.75, 3.05) is 25.5 Å². The predicted octanol–water partition coefficient (Wildman–Crippen LogP) is 5.15. The molecule has 0 saturated carbocycles. The average Bonchev–Trinajstić information content (AvgIpc) is 3.28. The first-order valence-electron chi connectivity index (χ1n) is 10.5. The lowest BCUT2D eigenvalue weighted by Gasteiger charge is -2.29. The van der Waals surface area contributed by atoms with Gasteiger partial charge in [0.2, 0.25) is 10.0 Å². The highest BCUT2D eigenvalue weighted by molar-refractivity contribution is 7.89. The second-order valence-electron chi connectivity index (χ2n) is 7.95. The first-order valence-corrected chi connectivity index (χ1v) is 13.2. The van der Waals surface area contributed by atoms with Gasteiger partial charge in [0.25, 0.3) is 5.91 Å². The largest absolute Gasteiger partial charge is 0.495 e. The molecule has 174 valence electrons. The summed E-state index contributed by atoms with van der Waals surface area (Å²) in [7, 11) is -2.00. The molecule has 1 fully saturated rings. The standard InChI is InChI=1S/C23H24ClN3O4S2/c1-15-9-11-27(12-10-15)33(29,30)18-6-3-16(4-7-18)22(28)26-23-25-20(14-32-23)17-5-8-21(31-2)19(24)13-17/h3-8,13-15H,9-12H2,1-2H3,(H,25,26,28). The number of nitrogens with zero attached hydrogens (tertiary/aromatic N) is 2. The summed E-state index contributed by atoms with van der Waals surface area (Å²) in [4.78, 5) is 17.3. The number of methoxy groups -OCH3 is 1. The number of nitrogens with one attached hydrogen (secondary N) is 1. The van der Waals surface area contributed by atoms with Gasteiger partial charge in [-0.2, -0.15) is 4.31 Å². The fraction of sp³-hybridized carbons (Fsp3) is 0.304. The second kappa shape index (κ2) is 9.80. The Morgan fingerprint density at radius 1 is 1.18 bits per heavy atom. The lowest BCUT2D eigenvalue weighted by Crippen LogP contribution is -2.37. The van der Waals surface area contributed by atoms with Gasteiger partial charge in [-0.05, 0) is 61.2 Å². The number of benzene rings is 2. The minimum absolute atomic E-state index is 0.196. The van der Waals surface area contributed by atoms with Crippen molar-refractivity contribution in [1.82, 2.24) is 9.29 Å². The molecule has 10 heteroatoms. The highest BCUT2D eigenvalue weighted by Crippen LogP contribution is 2.32. The lowest BCUT2D eigenvalue weighted by molar-refractivity contribution is 0.102. The van der Waals surface area contributed by atoms with Crippen molar-refractivity contribution < 1.29 is 17.9 Å². The van der Waals surface area contributed by atoms with Crippen LogP contribution in [0.25, 0.3) is 11.3 Å². The number of ether oxygens (including phenoxy) is 1. The second-order valence-corrected chi connectivity index (χ2v) is 11.2. The smallest absolute Gasteiger partial charge is 0.257 e. The van der Waals surface area contributed by atoms with Gasteiger partial charge in [0.1, 0.15) is 5.75 Å². The number of hydrogen-bond acceptors (Lipinski definition) is 6. The van der Waals surface area contributed by atoms with Gasteiger partial charge in [-0.3, -0.25) is 10.1 Å². The molecule has 0 radical (unpaired) electrons. The molecule has 0 bridgehead atoms. The molecule has 1 amide bonds. The fourth-order valence-corrected chi connectivity index (χ4v) is 6.05. The maximum absolute atomic E-state index is 12.9. The maximum atomic E-state index is 12.9. The van der Waals surface area contributed by atoms with Crippen LogP contribution >= 0.6 is 22.9 Å². The molecule has 1 N–H and O–H groups in total. The van der Waals surface area contributed by atoms with E-state index in [0.717, 1.165) is 18.4 Å². The first-order chi connectivity index (χ1) is 15.8. The number of carbonyl (C=O) groups is 1. The van der Waals surface area contributed by atoms with E-state index in [1.807, 2.05) is 11.4 Å². The number of anilines is 1. The van der Waals surface area contributed by atoms with Crippen molar-refractivity contribution in [3.63, 3.8) is 0 Å². The minimum atomic E-state index is -3.55. The Labute approximate surface area is 202 Å². The zero-order chi connectivity index (χ0) is 23.6. The molecule has 3 aromatic rings. The lowest BCUT2D eigenvalue weighted by atomic mass is 10.0. The summed E-state index contributed by atoms with van der Waals surface area (Å²) in [5, 5.41) is 5.49. The van der Waals surface area contributed by atoms with E-state index in [-0.39, 0.29) is 10.8 Å². The van der Waals surface area contributed by atoms with Gasteiger partial charge in [-0.15, -0.1) is 11.3 Å². The number of piperidine rings is 1. The van der Waals surface area contributed by atoms with Gasteiger partial charge in [0.15, 0.2) is 5.13 Å². The van der Waals surface area contributed by atoms with E-state index < -0.39 is 10.0 Å². The average molecular weight is 506 g/mol. The van der Waals surface area contributed by atoms with Crippen LogP contribution in [0.5, 0.6) is 5.75 Å². The summed E-state index contributed by atoms with van der Waals surface area (Å²) in [5.74, 6) is 0.750. The normalized spacial score (nSPS) is 15.4. The first kappa shape index (κ1) is 23.7. The molecule has 0 atom stereocenters. The quantitative estimate of drug-likeness (QED) is 0.500. The molecule has 2 aromatic carbocycles. The number of carbonyl (C=O) groups excluding carboxylic acids is 1. The van der Waals surface area contributed by atoms with Crippen molar-refractivity contribution in [3.05, 3.63) is 58.4 Å². The molecule has 1 saturated heterocycles. The Kier molecular flexibility index (Phi) is 7.04. The Hall–Kier alpha value is -2.46. The van der Waals surface area contributed by atoms with Gasteiger partial charge in [-0.1, -0.05) is 18.5 Å². The van der Waals surface area contributed by atoms with Crippen molar-refractivity contribution in [1.29, 1.82) is 0 Å². The van der Waals surface area contributed by atoms with Gasteiger partial charge < -0.3 is 4.74 Å². The highest BCUT2D eigenvalue weighted by atomic mass is 35.5. The number of aromatic nitrogens is 1. The van der Waals surface area contributed by atoms with Gasteiger partial charge in [-0.25, -0.2) is 13.4 Å². The third-order valence-corrected chi connectivity index (χ3v) is 8.64. The van der Waals surface area contributed by atoms with Crippen LogP contribution in [0.4, 0.5) is 5.13 Å². The zero-order valence-corrected chi connectivity index (χ0v) is 20.6. The number of thiazole rings is 1. The summed E-state index contributed by atoms with van der Waals surface area (Å²) < 4.78 is 32.4. The number of sulfonamides is 1. The third-order valence-electron chi connectivity index (χ3n) is 5.67. The molecule has 4 rings (SSSR count). The molecule has 0 aliphatic carbocycles. The van der Waals surface area contributed by atoms with E-state index in [9.17, 15) is 13.2 Å². The van der Waals surface area contributed by atoms with Crippen molar-refractivity contribution in [2.45, 2.75) is 24.7 Å². The molecule has 0 unspecified atom stereocenters. The van der Waals surface area contributed by atoms with Crippen molar-refractivity contribution in [3.8, 4) is 17.0 Å². The van der Waals surface area contributed by atoms with Crippen molar-refractivity contribution >= 4 is 44.0 Å². The van der Waals surface area contributed by atoms with Crippen LogP contribution < -0.4 is 10.1 Å². The molecule has 2 heterocycles. The molecule has 7 nitrogen and oxygen atoms in total. The van der Waals surface area contributed by atoms with E-state index in [0.29, 0.717) is 46.2 Å². The third kappa shape index (κ3) is 5.22. The molecule has 33 heavy (non-hydrogen) atoms. The molecule has 1 aliphatic rings. The zero-order valence-electron chi connectivity index (χ0n) is 18.2. The van der Waals surface area contributed by atoms with Crippen LogP contribution in [0.2, 0.25) is 5.02 Å². The molecular formula is C23H24ClN3O4S2. The molecule has 1 aliphatic heterocycles. The minimum Gasteiger partial charge on any atom is -0.495 e. The van der Waals surface area contributed by atoms with Crippen LogP contribution in [0.15, 0.2) is 52.7 Å². The molecular weight excluding hydrogens is 482 g/mol. The maximum Gasteiger partial charge on any atom is 0.257 e. The monoisotopic (exact) mass is 505 g/mol. The molecule has 0 spiro atoms. The Balaban J connectivity index is 1.44. The topological polar surface area (TPSA) is 88.6 Å². The summed E-state index contributed by atoms with van der Waals surface area (Å²) in [6, 6.07) is 11.4. The molecule has 1 aromatic heterocycles. The summed E-state index contributed by atoms with van der Waals surface area (Å²) >= 11 is 7.48. The SMILES string of the molecule is COc1ccc(-c2csc(NC(=O)c3ccc(S(=O)(=O)N4CCC(C)CC4)cc3)n2)cc1Cl. The van der Waals surface area contributed by atoms with Crippen LogP contribution in [0.3, 0.4) is 0 Å². The number of amides is 1. The Bertz CT molecular complexity index is 1250. The van der Waals surface area contributed by atoms with E-state index in [1.54, 1.807) is 19.2 Å². The van der Waals surface area contributed by atoms with E-state index in [1.165, 1.54) is 39.9 Å². The summed E-state index contributed by atoms with van der Waals surface area (Å²) in [5.41, 5.74) is 1.84. The van der Waals surface area contributed by atoms with Gasteiger partial charge >= 0.3 is 0 Å². The van der Waals surface area contributed by atoms with E-state index >= 15 is 0 Å². The number of hydrogen-bond donors (Lipinski definition) is 1. The van der Waals surface area contributed by atoms with Crippen molar-refractivity contribution in [2.24, 2.45) is 5.92 Å².